The largest absolute Gasteiger partial charge is 0.481 e. The number of aliphatic hydroxyl groups is 1. The molecule has 2 heterocycles. The van der Waals surface area contributed by atoms with Crippen LogP contribution in [0.1, 0.15) is 38.5 Å². The fourth-order valence-electron chi connectivity index (χ4n) is 3.28. The molecule has 0 radical (unpaired) electrons. The number of aliphatic hydroxyl groups excluding tert-OH is 1. The maximum atomic E-state index is 10.5. The standard InChI is InChI=1S/C7H10O3.C7H12O2/c8-7(9)4-1-2-5-6(3-4)10-5;8-4-5-1-2-6-7(3-5)9-6/h4-6H,1-3H2,(H,8,9);5-8H,1-4H2. The molecule has 2 aliphatic carbocycles. The maximum Gasteiger partial charge on any atom is 0.306 e. The van der Waals surface area contributed by atoms with Crippen molar-refractivity contribution >= 4 is 5.97 Å². The zero-order chi connectivity index (χ0) is 13.4. The topological polar surface area (TPSA) is 82.6 Å². The van der Waals surface area contributed by atoms with Gasteiger partial charge in [-0.3, -0.25) is 4.79 Å². The van der Waals surface area contributed by atoms with Crippen LogP contribution in [0.15, 0.2) is 0 Å². The smallest absolute Gasteiger partial charge is 0.306 e. The van der Waals surface area contributed by atoms with Crippen molar-refractivity contribution in [3.05, 3.63) is 0 Å². The molecule has 4 rings (SSSR count). The average molecular weight is 270 g/mol. The Kier molecular flexibility index (Phi) is 3.78. The zero-order valence-electron chi connectivity index (χ0n) is 11.0. The molecule has 0 aromatic rings. The Morgan fingerprint density at radius 1 is 0.947 bits per heavy atom. The van der Waals surface area contributed by atoms with Gasteiger partial charge in [0.15, 0.2) is 0 Å². The second-order valence-corrected chi connectivity index (χ2v) is 6.14. The summed E-state index contributed by atoms with van der Waals surface area (Å²) in [4.78, 5) is 10.5. The number of carboxylic acids is 1. The minimum Gasteiger partial charge on any atom is -0.481 e. The molecule has 4 aliphatic rings. The van der Waals surface area contributed by atoms with Gasteiger partial charge in [-0.25, -0.2) is 0 Å². The van der Waals surface area contributed by atoms with Crippen molar-refractivity contribution in [1.82, 2.24) is 0 Å². The summed E-state index contributed by atoms with van der Waals surface area (Å²) in [7, 11) is 0. The van der Waals surface area contributed by atoms with Crippen LogP contribution in [0.2, 0.25) is 0 Å². The Labute approximate surface area is 112 Å². The quantitative estimate of drug-likeness (QED) is 0.736. The van der Waals surface area contributed by atoms with Gasteiger partial charge in [0.1, 0.15) is 0 Å². The molecule has 0 bridgehead atoms. The Balaban J connectivity index is 0.000000117. The predicted octanol–water partition coefficient (Wildman–Crippen LogP) is 1.18. The molecule has 6 atom stereocenters. The van der Waals surface area contributed by atoms with Gasteiger partial charge in [-0.1, -0.05) is 0 Å². The lowest BCUT2D eigenvalue weighted by atomic mass is 9.90. The second-order valence-electron chi connectivity index (χ2n) is 6.14. The van der Waals surface area contributed by atoms with Crippen LogP contribution in [0, 0.1) is 11.8 Å². The van der Waals surface area contributed by atoms with Gasteiger partial charge in [-0.15, -0.1) is 0 Å². The van der Waals surface area contributed by atoms with Crippen molar-refractivity contribution in [2.75, 3.05) is 6.61 Å². The van der Waals surface area contributed by atoms with Gasteiger partial charge in [0.25, 0.3) is 0 Å². The summed E-state index contributed by atoms with van der Waals surface area (Å²) in [6, 6.07) is 0. The summed E-state index contributed by atoms with van der Waals surface area (Å²) in [5.41, 5.74) is 0. The fourth-order valence-corrected chi connectivity index (χ4v) is 3.28. The Morgan fingerprint density at radius 3 is 2.11 bits per heavy atom. The molecule has 6 unspecified atom stereocenters. The Hall–Kier alpha value is -0.650. The first-order valence-electron chi connectivity index (χ1n) is 7.32. The predicted molar refractivity (Wildman–Crippen MR) is 66.7 cm³/mol. The third kappa shape index (κ3) is 3.27. The van der Waals surface area contributed by atoms with Gasteiger partial charge in [-0.2, -0.15) is 0 Å². The molecule has 19 heavy (non-hydrogen) atoms. The lowest BCUT2D eigenvalue weighted by molar-refractivity contribution is -0.142. The number of carbonyl (C=O) groups is 1. The van der Waals surface area contributed by atoms with Gasteiger partial charge in [-0.05, 0) is 44.4 Å². The van der Waals surface area contributed by atoms with E-state index in [-0.39, 0.29) is 12.0 Å². The monoisotopic (exact) mass is 270 g/mol. The van der Waals surface area contributed by atoms with E-state index in [4.69, 9.17) is 19.7 Å². The molecule has 0 aromatic heterocycles. The number of epoxide rings is 2. The van der Waals surface area contributed by atoms with Crippen LogP contribution in [0.25, 0.3) is 0 Å². The molecule has 0 amide bonds. The second kappa shape index (κ2) is 5.38. The van der Waals surface area contributed by atoms with Gasteiger partial charge in [0.05, 0.1) is 30.3 Å². The Morgan fingerprint density at radius 2 is 1.58 bits per heavy atom. The van der Waals surface area contributed by atoms with Crippen LogP contribution < -0.4 is 0 Å². The number of carboxylic acid groups (broad SMARTS) is 1. The molecule has 2 saturated heterocycles. The van der Waals surface area contributed by atoms with Crippen LogP contribution in [-0.4, -0.2) is 47.2 Å². The molecule has 0 aromatic carbocycles. The molecule has 0 spiro atoms. The molecule has 2 saturated carbocycles. The summed E-state index contributed by atoms with van der Waals surface area (Å²) in [5, 5.41) is 17.4. The lowest BCUT2D eigenvalue weighted by Crippen LogP contribution is -2.21. The van der Waals surface area contributed by atoms with E-state index in [0.717, 1.165) is 32.1 Å². The number of aliphatic carboxylic acids is 1. The minimum atomic E-state index is -0.658. The van der Waals surface area contributed by atoms with E-state index in [1.54, 1.807) is 0 Å². The molecule has 4 fully saturated rings. The molecule has 2 aliphatic heterocycles. The molecular weight excluding hydrogens is 248 g/mol. The highest BCUT2D eigenvalue weighted by atomic mass is 16.6. The summed E-state index contributed by atoms with van der Waals surface area (Å²) in [5.74, 6) is -0.258. The van der Waals surface area contributed by atoms with E-state index in [9.17, 15) is 4.79 Å². The molecule has 5 heteroatoms. The maximum absolute atomic E-state index is 10.5. The number of hydrogen-bond acceptors (Lipinski definition) is 4. The normalized spacial score (nSPS) is 46.2. The first-order chi connectivity index (χ1) is 9.17. The summed E-state index contributed by atoms with van der Waals surface area (Å²) in [6.45, 7) is 0.354. The number of hydrogen-bond donors (Lipinski definition) is 2. The van der Waals surface area contributed by atoms with Crippen molar-refractivity contribution < 1.29 is 24.5 Å². The summed E-state index contributed by atoms with van der Waals surface area (Å²) >= 11 is 0. The van der Waals surface area contributed by atoms with Crippen molar-refractivity contribution in [3.8, 4) is 0 Å². The number of rotatable bonds is 2. The van der Waals surface area contributed by atoms with Gasteiger partial charge in [0, 0.05) is 6.61 Å². The van der Waals surface area contributed by atoms with E-state index < -0.39 is 5.97 Å². The first kappa shape index (κ1) is 13.3. The fraction of sp³-hybridized carbons (Fsp3) is 0.929. The highest BCUT2D eigenvalue weighted by molar-refractivity contribution is 5.70. The highest BCUT2D eigenvalue weighted by Gasteiger charge is 2.45. The Bertz CT molecular complexity index is 345. The van der Waals surface area contributed by atoms with E-state index in [1.165, 1.54) is 6.42 Å². The van der Waals surface area contributed by atoms with Crippen molar-refractivity contribution in [1.29, 1.82) is 0 Å². The van der Waals surface area contributed by atoms with Crippen LogP contribution in [0.4, 0.5) is 0 Å². The molecule has 5 nitrogen and oxygen atoms in total. The molecular formula is C14H22O5. The van der Waals surface area contributed by atoms with Gasteiger partial charge >= 0.3 is 5.97 Å². The van der Waals surface area contributed by atoms with Crippen molar-refractivity contribution in [3.63, 3.8) is 0 Å². The number of fused-ring (bicyclic) bond motifs is 2. The average Bonchev–Trinajstić information content (AvgIpc) is 3.31. The molecule has 108 valence electrons. The van der Waals surface area contributed by atoms with Crippen molar-refractivity contribution in [2.24, 2.45) is 11.8 Å². The summed E-state index contributed by atoms with van der Waals surface area (Å²) < 4.78 is 10.5. The van der Waals surface area contributed by atoms with E-state index in [2.05, 4.69) is 0 Å². The highest BCUT2D eigenvalue weighted by Crippen LogP contribution is 2.39. The van der Waals surface area contributed by atoms with Crippen molar-refractivity contribution in [2.45, 2.75) is 62.9 Å². The minimum absolute atomic E-state index is 0.135. The van der Waals surface area contributed by atoms with Gasteiger partial charge in [0.2, 0.25) is 0 Å². The van der Waals surface area contributed by atoms with Crippen LogP contribution in [0.5, 0.6) is 0 Å². The van der Waals surface area contributed by atoms with E-state index in [0.29, 0.717) is 30.8 Å². The van der Waals surface area contributed by atoms with E-state index in [1.807, 2.05) is 0 Å². The first-order valence-corrected chi connectivity index (χ1v) is 7.32. The van der Waals surface area contributed by atoms with Crippen LogP contribution in [-0.2, 0) is 14.3 Å². The third-order valence-electron chi connectivity index (χ3n) is 4.72. The SMILES string of the molecule is O=C(O)C1CCC2OC2C1.OCC1CCC2OC2C1. The van der Waals surface area contributed by atoms with Crippen LogP contribution >= 0.6 is 0 Å². The van der Waals surface area contributed by atoms with Gasteiger partial charge < -0.3 is 19.7 Å². The summed E-state index contributed by atoms with van der Waals surface area (Å²) in [6.07, 6.45) is 7.72. The third-order valence-corrected chi connectivity index (χ3v) is 4.72. The lowest BCUT2D eigenvalue weighted by Gasteiger charge is -2.14. The zero-order valence-corrected chi connectivity index (χ0v) is 11.0. The molecule has 2 N–H and O–H groups in total. The number of ether oxygens (including phenoxy) is 2. The van der Waals surface area contributed by atoms with Crippen LogP contribution in [0.3, 0.4) is 0 Å². The van der Waals surface area contributed by atoms with E-state index >= 15 is 0 Å².